The third-order valence-corrected chi connectivity index (χ3v) is 3.20. The Balaban J connectivity index is 0.000000403. The number of carboxylic acids is 2. The molecule has 0 amide bonds. The summed E-state index contributed by atoms with van der Waals surface area (Å²) in [5, 5.41) is 20.8. The van der Waals surface area contributed by atoms with Gasteiger partial charge in [0.25, 0.3) is 0 Å². The summed E-state index contributed by atoms with van der Waals surface area (Å²) < 4.78 is 0. The van der Waals surface area contributed by atoms with Gasteiger partial charge in [-0.2, -0.15) is 0 Å². The summed E-state index contributed by atoms with van der Waals surface area (Å²) in [5.74, 6) is -2.22. The second kappa shape index (κ2) is 9.71. The van der Waals surface area contributed by atoms with Crippen molar-refractivity contribution in [1.29, 1.82) is 0 Å². The zero-order valence-electron chi connectivity index (χ0n) is 13.8. The molecule has 0 aliphatic rings. The van der Waals surface area contributed by atoms with E-state index in [1.807, 2.05) is 26.0 Å². The van der Waals surface area contributed by atoms with Crippen molar-refractivity contribution < 1.29 is 19.8 Å². The zero-order chi connectivity index (χ0) is 16.9. The number of carbonyl (C=O) groups excluding carboxylic acids is 2. The molecule has 0 atom stereocenters. The summed E-state index contributed by atoms with van der Waals surface area (Å²) in [6, 6.07) is 10.3. The molecule has 116 valence electrons. The van der Waals surface area contributed by atoms with Gasteiger partial charge in [0.2, 0.25) is 0 Å². The third-order valence-electron chi connectivity index (χ3n) is 3.20. The van der Waals surface area contributed by atoms with Gasteiger partial charge in [0.1, 0.15) is 0 Å². The first-order valence-corrected chi connectivity index (χ1v) is 6.79. The minimum Gasteiger partial charge on any atom is -0.545 e. The molecule has 0 radical (unpaired) electrons. The van der Waals surface area contributed by atoms with Crippen LogP contribution >= 0.6 is 0 Å². The van der Waals surface area contributed by atoms with Crippen molar-refractivity contribution in [2.24, 2.45) is 0 Å². The van der Waals surface area contributed by atoms with E-state index in [9.17, 15) is 19.8 Å². The molecule has 2 aromatic rings. The molecule has 0 aromatic heterocycles. The number of rotatable bonds is 2. The van der Waals surface area contributed by atoms with Gasteiger partial charge in [-0.15, -0.1) is 0 Å². The van der Waals surface area contributed by atoms with Gasteiger partial charge in [-0.05, 0) is 38.8 Å². The first-order chi connectivity index (χ1) is 10.2. The minimum absolute atomic E-state index is 0. The summed E-state index contributed by atoms with van der Waals surface area (Å²) in [6.45, 7) is 7.37. The number of aryl methyl sites for hydroxylation is 4. The Morgan fingerprint density at radius 3 is 1.22 bits per heavy atom. The van der Waals surface area contributed by atoms with Crippen LogP contribution < -0.4 is 10.2 Å². The molecule has 0 fully saturated rings. The van der Waals surface area contributed by atoms with Crippen molar-refractivity contribution in [2.45, 2.75) is 27.7 Å². The fourth-order valence-electron chi connectivity index (χ4n) is 2.09. The van der Waals surface area contributed by atoms with E-state index >= 15 is 0 Å². The predicted octanol–water partition coefficient (Wildman–Crippen LogP) is 0.953. The number of benzene rings is 2. The normalized spacial score (nSPS) is 9.22. The molecule has 0 aliphatic carbocycles. The molecule has 0 heterocycles. The molecule has 2 aromatic carbocycles. The van der Waals surface area contributed by atoms with Crippen LogP contribution in [0.3, 0.4) is 0 Å². The molecule has 23 heavy (non-hydrogen) atoms. The molecule has 4 nitrogen and oxygen atoms in total. The van der Waals surface area contributed by atoms with E-state index in [2.05, 4.69) is 0 Å². The largest absolute Gasteiger partial charge is 2.00 e. The first-order valence-electron chi connectivity index (χ1n) is 6.79. The maximum Gasteiger partial charge on any atom is 2.00 e. The van der Waals surface area contributed by atoms with Crippen LogP contribution in [0.2, 0.25) is 0 Å². The molecular formula is C18H18CaO4. The quantitative estimate of drug-likeness (QED) is 0.764. The molecular weight excluding hydrogens is 320 g/mol. The maximum atomic E-state index is 10.4. The van der Waals surface area contributed by atoms with Crippen LogP contribution in [0.15, 0.2) is 36.4 Å². The second-order valence-electron chi connectivity index (χ2n) is 5.21. The summed E-state index contributed by atoms with van der Waals surface area (Å²) >= 11 is 0. The first kappa shape index (κ1) is 21.6. The smallest absolute Gasteiger partial charge is 0.545 e. The van der Waals surface area contributed by atoms with Gasteiger partial charge in [-0.3, -0.25) is 0 Å². The van der Waals surface area contributed by atoms with Gasteiger partial charge in [-0.1, -0.05) is 47.5 Å². The summed E-state index contributed by atoms with van der Waals surface area (Å²) in [6.07, 6.45) is 0. The van der Waals surface area contributed by atoms with Crippen molar-refractivity contribution in [2.75, 3.05) is 0 Å². The Kier molecular flexibility index (Phi) is 9.13. The van der Waals surface area contributed by atoms with Crippen LogP contribution in [0, 0.1) is 27.7 Å². The molecule has 0 bridgehead atoms. The van der Waals surface area contributed by atoms with Crippen LogP contribution in [0.25, 0.3) is 0 Å². The van der Waals surface area contributed by atoms with E-state index in [0.717, 1.165) is 22.3 Å². The average Bonchev–Trinajstić information content (AvgIpc) is 2.38. The van der Waals surface area contributed by atoms with Crippen molar-refractivity contribution in [3.05, 3.63) is 69.8 Å². The summed E-state index contributed by atoms with van der Waals surface area (Å²) in [4.78, 5) is 20.8. The van der Waals surface area contributed by atoms with Crippen molar-refractivity contribution in [1.82, 2.24) is 0 Å². The fraction of sp³-hybridized carbons (Fsp3) is 0.222. The Morgan fingerprint density at radius 2 is 1.00 bits per heavy atom. The van der Waals surface area contributed by atoms with E-state index in [4.69, 9.17) is 0 Å². The Bertz CT molecular complexity index is 647. The SMILES string of the molecule is Cc1ccc(C(=O)[O-])c(C)c1.Cc1ccc(C(=O)[O-])c(C)c1.[Ca+2]. The number of carboxylic acid groups (broad SMARTS) is 2. The molecule has 0 saturated carbocycles. The standard InChI is InChI=1S/2C9H10O2.Ca/c2*1-6-3-4-8(9(10)11)7(2)5-6;/h2*3-5H,1-2H3,(H,10,11);/q;;+2/p-2. The molecule has 0 saturated heterocycles. The van der Waals surface area contributed by atoms with Gasteiger partial charge in [-0.25, -0.2) is 0 Å². The van der Waals surface area contributed by atoms with Crippen molar-refractivity contribution in [3.8, 4) is 0 Å². The molecule has 0 unspecified atom stereocenters. The van der Waals surface area contributed by atoms with E-state index in [1.54, 1.807) is 38.1 Å². The van der Waals surface area contributed by atoms with Crippen molar-refractivity contribution >= 4 is 49.7 Å². The van der Waals surface area contributed by atoms with E-state index in [1.165, 1.54) is 0 Å². The number of hydrogen-bond donors (Lipinski definition) is 0. The Morgan fingerprint density at radius 1 is 0.696 bits per heavy atom. The Hall–Kier alpha value is -1.36. The van der Waals surface area contributed by atoms with Gasteiger partial charge in [0.15, 0.2) is 0 Å². The summed E-state index contributed by atoms with van der Waals surface area (Å²) in [5.41, 5.74) is 4.18. The molecule has 0 spiro atoms. The third kappa shape index (κ3) is 6.73. The monoisotopic (exact) mass is 338 g/mol. The summed E-state index contributed by atoms with van der Waals surface area (Å²) in [7, 11) is 0. The molecule has 5 heteroatoms. The van der Waals surface area contributed by atoms with E-state index in [0.29, 0.717) is 0 Å². The minimum atomic E-state index is -1.11. The van der Waals surface area contributed by atoms with Crippen molar-refractivity contribution in [3.63, 3.8) is 0 Å². The topological polar surface area (TPSA) is 80.3 Å². The fourth-order valence-corrected chi connectivity index (χ4v) is 2.09. The number of carbonyl (C=O) groups is 2. The number of hydrogen-bond acceptors (Lipinski definition) is 4. The molecule has 0 N–H and O–H groups in total. The van der Waals surface area contributed by atoms with Crippen LogP contribution in [-0.4, -0.2) is 49.7 Å². The second-order valence-corrected chi connectivity index (χ2v) is 5.21. The zero-order valence-corrected chi connectivity index (χ0v) is 16.0. The van der Waals surface area contributed by atoms with E-state index in [-0.39, 0.29) is 48.9 Å². The average molecular weight is 338 g/mol. The van der Waals surface area contributed by atoms with Gasteiger partial charge in [0, 0.05) is 11.1 Å². The van der Waals surface area contributed by atoms with E-state index < -0.39 is 11.9 Å². The number of aromatic carboxylic acids is 2. The van der Waals surface area contributed by atoms with Gasteiger partial charge in [0.05, 0.1) is 11.9 Å². The van der Waals surface area contributed by atoms with Gasteiger partial charge >= 0.3 is 37.7 Å². The van der Waals surface area contributed by atoms with Gasteiger partial charge < -0.3 is 19.8 Å². The molecule has 0 aliphatic heterocycles. The van der Waals surface area contributed by atoms with Crippen LogP contribution in [-0.2, 0) is 0 Å². The van der Waals surface area contributed by atoms with Crippen LogP contribution in [0.5, 0.6) is 0 Å². The van der Waals surface area contributed by atoms with Crippen LogP contribution in [0.4, 0.5) is 0 Å². The Labute approximate surface area is 166 Å². The maximum absolute atomic E-state index is 10.4. The predicted molar refractivity (Wildman–Crippen MR) is 86.2 cm³/mol. The van der Waals surface area contributed by atoms with Crippen LogP contribution in [0.1, 0.15) is 43.0 Å². The molecule has 2 rings (SSSR count).